The molecule has 0 aliphatic carbocycles. The van der Waals surface area contributed by atoms with E-state index < -0.39 is 27.6 Å². The monoisotopic (exact) mass is 471 g/mol. The average molecular weight is 471 g/mol. The number of halogens is 2. The van der Waals surface area contributed by atoms with Gasteiger partial charge < -0.3 is 15.5 Å². The van der Waals surface area contributed by atoms with Crippen LogP contribution in [0.4, 0.5) is 25.8 Å². The molecule has 1 aromatic heterocycles. The quantitative estimate of drug-likeness (QED) is 0.419. The molecule has 0 saturated carbocycles. The fourth-order valence-corrected chi connectivity index (χ4v) is 4.59. The molecule has 0 spiro atoms. The van der Waals surface area contributed by atoms with E-state index in [0.29, 0.717) is 16.5 Å². The molecule has 4 aromatic rings. The fraction of sp³-hybridized carbons (Fsp3) is 0.0870. The fourth-order valence-electron chi connectivity index (χ4n) is 3.58. The van der Waals surface area contributed by atoms with E-state index >= 15 is 0 Å². The van der Waals surface area contributed by atoms with E-state index in [-0.39, 0.29) is 28.2 Å². The van der Waals surface area contributed by atoms with Crippen molar-refractivity contribution >= 4 is 44.0 Å². The summed E-state index contributed by atoms with van der Waals surface area (Å²) in [6, 6.07) is 11.9. The van der Waals surface area contributed by atoms with Gasteiger partial charge in [0.1, 0.15) is 23.5 Å². The van der Waals surface area contributed by atoms with Crippen LogP contribution in [0.5, 0.6) is 0 Å². The Kier molecular flexibility index (Phi) is 5.54. The molecule has 0 unspecified atom stereocenters. The summed E-state index contributed by atoms with van der Waals surface area (Å²) in [7, 11) is -2.61. The number of nitrogens with two attached hydrogens (primary N) is 1. The Morgan fingerprint density at radius 3 is 2.33 bits per heavy atom. The predicted molar refractivity (Wildman–Crippen MR) is 123 cm³/mol. The molecule has 3 aromatic carbocycles. The number of rotatable bonds is 5. The molecule has 0 bridgehead atoms. The third kappa shape index (κ3) is 4.12. The van der Waals surface area contributed by atoms with Crippen molar-refractivity contribution in [1.82, 2.24) is 5.32 Å². The molecular weight excluding hydrogens is 452 g/mol. The number of furan rings is 1. The number of sulfonamides is 1. The zero-order valence-electron chi connectivity index (χ0n) is 17.6. The molecule has 0 saturated heterocycles. The van der Waals surface area contributed by atoms with Gasteiger partial charge in [0.15, 0.2) is 0 Å². The van der Waals surface area contributed by atoms with Crippen LogP contribution in [0.15, 0.2) is 65.3 Å². The number of nitrogen functional groups attached to an aromatic ring is 1. The number of carbonyl (C=O) groups excluding carboxylic acids is 1. The maximum atomic E-state index is 14.9. The van der Waals surface area contributed by atoms with Crippen LogP contribution in [0.3, 0.4) is 0 Å². The lowest BCUT2D eigenvalue weighted by molar-refractivity contribution is 0.0964. The Morgan fingerprint density at radius 1 is 1.03 bits per heavy atom. The Hall–Kier alpha value is -3.92. The van der Waals surface area contributed by atoms with Crippen molar-refractivity contribution in [2.45, 2.75) is 0 Å². The van der Waals surface area contributed by atoms with Crippen LogP contribution in [0.1, 0.15) is 10.4 Å². The number of nitrogens with one attached hydrogen (secondary N) is 1. The zero-order valence-corrected chi connectivity index (χ0v) is 18.4. The summed E-state index contributed by atoms with van der Waals surface area (Å²) in [5, 5.41) is 2.92. The van der Waals surface area contributed by atoms with Gasteiger partial charge in [0.05, 0.1) is 23.2 Å². The van der Waals surface area contributed by atoms with Gasteiger partial charge in [0, 0.05) is 29.8 Å². The normalized spacial score (nSPS) is 11.5. The SMILES string of the molecule is CNC(=O)c1coc2cc(N(c3ccc(N)cc3F)S(C)(=O)=O)c(-c3ccc(F)cc3)cc12. The molecule has 4 rings (SSSR count). The summed E-state index contributed by atoms with van der Waals surface area (Å²) in [6.07, 6.45) is 2.18. The number of carbonyl (C=O) groups is 1. The second-order valence-electron chi connectivity index (χ2n) is 7.34. The largest absolute Gasteiger partial charge is 0.463 e. The Balaban J connectivity index is 2.08. The first-order valence-electron chi connectivity index (χ1n) is 9.68. The highest BCUT2D eigenvalue weighted by Crippen LogP contribution is 2.42. The molecule has 1 amide bonds. The Morgan fingerprint density at radius 2 is 1.73 bits per heavy atom. The number of fused-ring (bicyclic) bond motifs is 1. The van der Waals surface area contributed by atoms with Crippen molar-refractivity contribution in [2.75, 3.05) is 23.3 Å². The Labute approximate surface area is 188 Å². The minimum atomic E-state index is -4.07. The van der Waals surface area contributed by atoms with E-state index in [0.717, 1.165) is 16.6 Å². The van der Waals surface area contributed by atoms with Gasteiger partial charge in [-0.1, -0.05) is 12.1 Å². The molecular formula is C23H19F2N3O4S. The van der Waals surface area contributed by atoms with Crippen LogP contribution >= 0.6 is 0 Å². The van der Waals surface area contributed by atoms with Crippen molar-refractivity contribution < 1.29 is 26.4 Å². The second kappa shape index (κ2) is 8.21. The molecule has 0 atom stereocenters. The standard InChI is InChI=1S/C23H19F2N3O4S/c1-27-23(29)18-12-32-22-11-21(16(10-17(18)22)13-3-5-14(24)6-4-13)28(33(2,30)31)20-8-7-15(26)9-19(20)25/h3-12H,26H2,1-2H3,(H,27,29). The lowest BCUT2D eigenvalue weighted by Gasteiger charge is -2.26. The number of anilines is 3. The van der Waals surface area contributed by atoms with E-state index in [1.54, 1.807) is 6.07 Å². The predicted octanol–water partition coefficient (Wildman–Crippen LogP) is 4.42. The highest BCUT2D eigenvalue weighted by molar-refractivity contribution is 7.92. The highest BCUT2D eigenvalue weighted by atomic mass is 32.2. The second-order valence-corrected chi connectivity index (χ2v) is 9.17. The van der Waals surface area contributed by atoms with Crippen molar-refractivity contribution in [1.29, 1.82) is 0 Å². The van der Waals surface area contributed by atoms with Gasteiger partial charge in [-0.15, -0.1) is 0 Å². The van der Waals surface area contributed by atoms with Crippen molar-refractivity contribution in [2.24, 2.45) is 0 Å². The van der Waals surface area contributed by atoms with Crippen LogP contribution in [0, 0.1) is 11.6 Å². The van der Waals surface area contributed by atoms with Gasteiger partial charge in [0.2, 0.25) is 10.0 Å². The van der Waals surface area contributed by atoms with Gasteiger partial charge in [-0.3, -0.25) is 4.79 Å². The van der Waals surface area contributed by atoms with E-state index in [1.165, 1.54) is 55.8 Å². The van der Waals surface area contributed by atoms with E-state index in [2.05, 4.69) is 5.32 Å². The molecule has 0 aliphatic rings. The number of hydrogen-bond acceptors (Lipinski definition) is 5. The van der Waals surface area contributed by atoms with Crippen LogP contribution < -0.4 is 15.4 Å². The molecule has 33 heavy (non-hydrogen) atoms. The van der Waals surface area contributed by atoms with Gasteiger partial charge in [0.25, 0.3) is 5.91 Å². The number of nitrogens with zero attached hydrogens (tertiary/aromatic N) is 1. The maximum absolute atomic E-state index is 14.9. The van der Waals surface area contributed by atoms with Crippen molar-refractivity contribution in [3.8, 4) is 11.1 Å². The topological polar surface area (TPSA) is 106 Å². The minimum Gasteiger partial charge on any atom is -0.463 e. The van der Waals surface area contributed by atoms with Crippen molar-refractivity contribution in [3.05, 3.63) is 78.1 Å². The maximum Gasteiger partial charge on any atom is 0.254 e. The van der Waals surface area contributed by atoms with E-state index in [9.17, 15) is 22.0 Å². The zero-order chi connectivity index (χ0) is 23.9. The summed E-state index contributed by atoms with van der Waals surface area (Å²) in [5.41, 5.74) is 6.75. The highest BCUT2D eigenvalue weighted by Gasteiger charge is 2.28. The number of amides is 1. The molecule has 170 valence electrons. The van der Waals surface area contributed by atoms with Crippen LogP contribution in [-0.4, -0.2) is 27.6 Å². The van der Waals surface area contributed by atoms with Gasteiger partial charge in [-0.05, 0) is 42.0 Å². The van der Waals surface area contributed by atoms with Gasteiger partial charge in [-0.25, -0.2) is 21.5 Å². The first-order valence-corrected chi connectivity index (χ1v) is 11.5. The average Bonchev–Trinajstić information content (AvgIpc) is 3.17. The summed E-state index contributed by atoms with van der Waals surface area (Å²) in [4.78, 5) is 12.3. The third-order valence-corrected chi connectivity index (χ3v) is 6.12. The first-order chi connectivity index (χ1) is 15.6. The lowest BCUT2D eigenvalue weighted by Crippen LogP contribution is -2.26. The van der Waals surface area contributed by atoms with Crippen LogP contribution in [0.2, 0.25) is 0 Å². The van der Waals surface area contributed by atoms with Crippen LogP contribution in [-0.2, 0) is 10.0 Å². The van der Waals surface area contributed by atoms with Gasteiger partial charge >= 0.3 is 0 Å². The van der Waals surface area contributed by atoms with Crippen molar-refractivity contribution in [3.63, 3.8) is 0 Å². The first kappa shape index (κ1) is 22.3. The van der Waals surface area contributed by atoms with Crippen LogP contribution in [0.25, 0.3) is 22.1 Å². The lowest BCUT2D eigenvalue weighted by atomic mass is 9.99. The third-order valence-electron chi connectivity index (χ3n) is 5.06. The van der Waals surface area contributed by atoms with Gasteiger partial charge in [-0.2, -0.15) is 0 Å². The number of benzene rings is 3. The summed E-state index contributed by atoms with van der Waals surface area (Å²) in [6.45, 7) is 0. The summed E-state index contributed by atoms with van der Waals surface area (Å²) in [5.74, 6) is -1.74. The number of hydrogen-bond donors (Lipinski definition) is 2. The van der Waals surface area contributed by atoms with E-state index in [1.807, 2.05) is 0 Å². The smallest absolute Gasteiger partial charge is 0.254 e. The molecule has 10 heteroatoms. The van der Waals surface area contributed by atoms with E-state index in [4.69, 9.17) is 10.2 Å². The molecule has 3 N–H and O–H groups in total. The molecule has 7 nitrogen and oxygen atoms in total. The molecule has 0 fully saturated rings. The molecule has 0 radical (unpaired) electrons. The summed E-state index contributed by atoms with van der Waals surface area (Å²) >= 11 is 0. The Bertz CT molecular complexity index is 1480. The molecule has 1 heterocycles. The molecule has 0 aliphatic heterocycles. The minimum absolute atomic E-state index is 0.0538. The summed E-state index contributed by atoms with van der Waals surface area (Å²) < 4.78 is 60.5.